The number of piperidine rings is 1. The number of nitrogens with zero attached hydrogens (tertiary/aromatic N) is 4. The van der Waals surface area contributed by atoms with E-state index in [-0.39, 0.29) is 6.04 Å². The Labute approximate surface area is 227 Å². The van der Waals surface area contributed by atoms with E-state index in [4.69, 9.17) is 9.98 Å². The van der Waals surface area contributed by atoms with E-state index in [0.717, 1.165) is 60.9 Å². The number of hydrogen-bond donors (Lipinski definition) is 1. The highest BCUT2D eigenvalue weighted by Crippen LogP contribution is 2.30. The summed E-state index contributed by atoms with van der Waals surface area (Å²) in [7, 11) is 0. The molecule has 0 aromatic heterocycles. The molecule has 3 aliphatic heterocycles. The van der Waals surface area contributed by atoms with Crippen LogP contribution in [0.25, 0.3) is 0 Å². The molecule has 3 heterocycles. The summed E-state index contributed by atoms with van der Waals surface area (Å²) in [5.41, 5.74) is 8.32. The number of rotatable bonds is 5. The number of aryl methyl sites for hydroxylation is 1. The number of likely N-dealkylation sites (tertiary alicyclic amines) is 1. The normalized spacial score (nSPS) is 24.4. The van der Waals surface area contributed by atoms with Gasteiger partial charge in [0.2, 0.25) is 5.96 Å². The first kappa shape index (κ1) is 26.1. The highest BCUT2D eigenvalue weighted by atomic mass is 15.2. The van der Waals surface area contributed by atoms with Gasteiger partial charge in [-0.2, -0.15) is 0 Å². The minimum Gasteiger partial charge on any atom is -0.352 e. The lowest BCUT2D eigenvalue weighted by Gasteiger charge is -2.33. The largest absolute Gasteiger partial charge is 0.352 e. The smallest absolute Gasteiger partial charge is 0.219 e. The number of nitrogens with one attached hydrogen (secondary N) is 1. The monoisotopic (exact) mass is 505 g/mol. The lowest BCUT2D eigenvalue weighted by atomic mass is 9.92. The van der Waals surface area contributed by atoms with Crippen molar-refractivity contribution >= 4 is 17.9 Å². The average molecular weight is 506 g/mol. The van der Waals surface area contributed by atoms with Crippen molar-refractivity contribution in [3.05, 3.63) is 106 Å². The third-order valence-electron chi connectivity index (χ3n) is 7.53. The van der Waals surface area contributed by atoms with Crippen LogP contribution in [0.2, 0.25) is 0 Å². The van der Waals surface area contributed by atoms with Gasteiger partial charge in [-0.15, -0.1) is 0 Å². The Kier molecular flexibility index (Phi) is 8.14. The third-order valence-corrected chi connectivity index (χ3v) is 7.53. The standard InChI is InChI=1S/C33H39N5/c1-5-7-27-18-24(3)20-34-21-31(27)28-8-6-9-32-30(19-28)25(4)35-33(37-32)36-29-14-16-38(17-15-29)22-26-12-10-23(2)11-13-26/h5-13,18-21,24,29,32H,14-17,22H2,1-4H3,(H,36,37)/b7-5-. The number of aliphatic imine (C=N–C) groups is 3. The predicted molar refractivity (Wildman–Crippen MR) is 161 cm³/mol. The van der Waals surface area contributed by atoms with Crippen molar-refractivity contribution in [2.24, 2.45) is 20.9 Å². The second-order valence-corrected chi connectivity index (χ2v) is 10.7. The highest BCUT2D eigenvalue weighted by Gasteiger charge is 2.25. The summed E-state index contributed by atoms with van der Waals surface area (Å²) >= 11 is 0. The fourth-order valence-electron chi connectivity index (χ4n) is 5.40. The van der Waals surface area contributed by atoms with Gasteiger partial charge < -0.3 is 5.32 Å². The molecule has 1 aromatic carbocycles. The molecule has 0 saturated carbocycles. The van der Waals surface area contributed by atoms with Gasteiger partial charge in [-0.25, -0.2) is 9.98 Å². The van der Waals surface area contributed by atoms with E-state index in [0.29, 0.717) is 12.0 Å². The predicted octanol–water partition coefficient (Wildman–Crippen LogP) is 6.28. The van der Waals surface area contributed by atoms with E-state index in [2.05, 4.69) is 110 Å². The van der Waals surface area contributed by atoms with Gasteiger partial charge in [0, 0.05) is 60.9 Å². The maximum atomic E-state index is 5.01. The Bertz CT molecular complexity index is 1310. The summed E-state index contributed by atoms with van der Waals surface area (Å²) in [6.07, 6.45) is 21.4. The van der Waals surface area contributed by atoms with Crippen molar-refractivity contribution in [1.82, 2.24) is 10.2 Å². The number of fused-ring (bicyclic) bond motifs is 1. The molecule has 5 heteroatoms. The molecule has 5 nitrogen and oxygen atoms in total. The Morgan fingerprint density at radius 1 is 1.11 bits per heavy atom. The van der Waals surface area contributed by atoms with Crippen molar-refractivity contribution in [3.8, 4) is 0 Å². The van der Waals surface area contributed by atoms with Crippen molar-refractivity contribution < 1.29 is 0 Å². The molecule has 1 aliphatic carbocycles. The van der Waals surface area contributed by atoms with Gasteiger partial charge in [0.15, 0.2) is 0 Å². The van der Waals surface area contributed by atoms with Gasteiger partial charge >= 0.3 is 0 Å². The van der Waals surface area contributed by atoms with Crippen LogP contribution in [0.4, 0.5) is 0 Å². The topological polar surface area (TPSA) is 52.4 Å². The van der Waals surface area contributed by atoms with E-state index >= 15 is 0 Å². The molecular formula is C33H39N5. The molecule has 2 unspecified atom stereocenters. The van der Waals surface area contributed by atoms with Crippen LogP contribution < -0.4 is 5.32 Å². The van der Waals surface area contributed by atoms with Crippen LogP contribution in [0, 0.1) is 12.8 Å². The Morgan fingerprint density at radius 2 is 1.89 bits per heavy atom. The summed E-state index contributed by atoms with van der Waals surface area (Å²) in [4.78, 5) is 17.0. The molecule has 0 bridgehead atoms. The fourth-order valence-corrected chi connectivity index (χ4v) is 5.40. The van der Waals surface area contributed by atoms with Gasteiger partial charge in [-0.1, -0.05) is 73.2 Å². The molecule has 2 atom stereocenters. The quantitative estimate of drug-likeness (QED) is 0.512. The average Bonchev–Trinajstić information content (AvgIpc) is 3.22. The number of allylic oxidation sites excluding steroid dienone is 9. The second kappa shape index (κ2) is 11.9. The summed E-state index contributed by atoms with van der Waals surface area (Å²) in [6, 6.07) is 9.27. The van der Waals surface area contributed by atoms with Gasteiger partial charge in [0.05, 0.1) is 6.04 Å². The first-order valence-electron chi connectivity index (χ1n) is 13.8. The molecule has 4 aliphatic rings. The number of hydrogen-bond acceptors (Lipinski definition) is 5. The van der Waals surface area contributed by atoms with E-state index in [9.17, 15) is 0 Å². The SMILES string of the molecule is C/C=C\C1=CC(C)C=NC=C1C1=CC=CC2N=C(NC3CCN(Cc4ccc(C)cc4)CC3)N=C(C)C2=C1. The van der Waals surface area contributed by atoms with Crippen LogP contribution in [0.3, 0.4) is 0 Å². The van der Waals surface area contributed by atoms with Gasteiger partial charge in [0.1, 0.15) is 0 Å². The minimum atomic E-state index is -0.0340. The first-order valence-corrected chi connectivity index (χ1v) is 13.8. The number of guanidine groups is 1. The van der Waals surface area contributed by atoms with Gasteiger partial charge in [0.25, 0.3) is 0 Å². The minimum absolute atomic E-state index is 0.0340. The Hall–Kier alpha value is -3.57. The molecule has 1 fully saturated rings. The van der Waals surface area contributed by atoms with E-state index in [1.54, 1.807) is 0 Å². The van der Waals surface area contributed by atoms with Crippen LogP contribution in [0.5, 0.6) is 0 Å². The van der Waals surface area contributed by atoms with E-state index in [1.165, 1.54) is 16.7 Å². The van der Waals surface area contributed by atoms with Crippen molar-refractivity contribution in [3.63, 3.8) is 0 Å². The molecule has 196 valence electrons. The summed E-state index contributed by atoms with van der Waals surface area (Å²) in [6.45, 7) is 11.6. The summed E-state index contributed by atoms with van der Waals surface area (Å²) in [5, 5.41) is 3.65. The molecule has 5 rings (SSSR count). The van der Waals surface area contributed by atoms with Gasteiger partial charge in [-0.3, -0.25) is 9.89 Å². The molecule has 0 spiro atoms. The van der Waals surface area contributed by atoms with Crippen molar-refractivity contribution in [2.45, 2.75) is 59.2 Å². The number of benzene rings is 1. The molecule has 1 N–H and O–H groups in total. The van der Waals surface area contributed by atoms with Crippen LogP contribution >= 0.6 is 0 Å². The van der Waals surface area contributed by atoms with Crippen LogP contribution in [0.1, 0.15) is 44.7 Å². The van der Waals surface area contributed by atoms with Crippen LogP contribution in [-0.2, 0) is 6.54 Å². The van der Waals surface area contributed by atoms with E-state index in [1.807, 2.05) is 12.4 Å². The molecule has 1 aromatic rings. The third kappa shape index (κ3) is 6.28. The van der Waals surface area contributed by atoms with Crippen molar-refractivity contribution in [2.75, 3.05) is 13.1 Å². The zero-order chi connectivity index (χ0) is 26.5. The lowest BCUT2D eigenvalue weighted by molar-refractivity contribution is 0.199. The molecule has 0 amide bonds. The molecule has 0 radical (unpaired) electrons. The zero-order valence-electron chi connectivity index (χ0n) is 23.1. The summed E-state index contributed by atoms with van der Waals surface area (Å²) in [5.74, 6) is 1.05. The van der Waals surface area contributed by atoms with Crippen LogP contribution in [-0.4, -0.2) is 48.0 Å². The van der Waals surface area contributed by atoms with Gasteiger partial charge in [-0.05, 0) is 56.4 Å². The fraction of sp³-hybridized carbons (Fsp3) is 0.364. The molecule has 1 saturated heterocycles. The molecular weight excluding hydrogens is 466 g/mol. The zero-order valence-corrected chi connectivity index (χ0v) is 23.1. The van der Waals surface area contributed by atoms with Crippen molar-refractivity contribution in [1.29, 1.82) is 0 Å². The first-order chi connectivity index (χ1) is 18.5. The van der Waals surface area contributed by atoms with E-state index < -0.39 is 0 Å². The lowest BCUT2D eigenvalue weighted by Crippen LogP contribution is -2.45. The Morgan fingerprint density at radius 3 is 2.66 bits per heavy atom. The van der Waals surface area contributed by atoms with Crippen LogP contribution in [0.15, 0.2) is 110 Å². The Balaban J connectivity index is 1.24. The highest BCUT2D eigenvalue weighted by molar-refractivity contribution is 6.09. The maximum Gasteiger partial charge on any atom is 0.219 e. The second-order valence-electron chi connectivity index (χ2n) is 10.7. The maximum absolute atomic E-state index is 5.01. The summed E-state index contributed by atoms with van der Waals surface area (Å²) < 4.78 is 0. The molecule has 38 heavy (non-hydrogen) atoms.